The van der Waals surface area contributed by atoms with Crippen LogP contribution >= 0.6 is 0 Å². The average Bonchev–Trinajstić information content (AvgIpc) is 2.70. The van der Waals surface area contributed by atoms with Gasteiger partial charge in [-0.15, -0.1) is 0 Å². The molecule has 0 spiro atoms. The van der Waals surface area contributed by atoms with E-state index in [2.05, 4.69) is 15.5 Å². The molecule has 1 aromatic rings. The topological polar surface area (TPSA) is 78.1 Å². The molecule has 0 saturated carbocycles. The van der Waals surface area contributed by atoms with E-state index in [4.69, 9.17) is 0 Å². The summed E-state index contributed by atoms with van der Waals surface area (Å²) in [6.45, 7) is 4.76. The molecule has 1 aliphatic rings. The van der Waals surface area contributed by atoms with Gasteiger partial charge >= 0.3 is 0 Å². The van der Waals surface area contributed by atoms with Gasteiger partial charge in [0, 0.05) is 31.1 Å². The molecule has 2 rings (SSSR count). The number of nitrogens with one attached hydrogen (secondary N) is 2. The molecule has 0 radical (unpaired) electrons. The fourth-order valence-electron chi connectivity index (χ4n) is 2.64. The lowest BCUT2D eigenvalue weighted by molar-refractivity contribution is -0.135. The Kier molecular flexibility index (Phi) is 5.36. The maximum atomic E-state index is 12.0. The number of nitrogens with zero attached hydrogens (tertiary/aromatic N) is 2. The zero-order valence-corrected chi connectivity index (χ0v) is 12.8. The van der Waals surface area contributed by atoms with Gasteiger partial charge in [0.15, 0.2) is 0 Å². The fraction of sp³-hybridized carbons (Fsp3) is 0.667. The van der Waals surface area contributed by atoms with Crippen LogP contribution in [0.2, 0.25) is 0 Å². The first-order valence-corrected chi connectivity index (χ1v) is 7.62. The minimum atomic E-state index is -0.0926. The van der Waals surface area contributed by atoms with E-state index in [1.807, 2.05) is 19.9 Å². The summed E-state index contributed by atoms with van der Waals surface area (Å²) in [5.41, 5.74) is 1.95. The first-order chi connectivity index (χ1) is 10.0. The predicted octanol–water partition coefficient (Wildman–Crippen LogP) is 1.17. The molecule has 1 saturated heterocycles. The Morgan fingerprint density at radius 2 is 2.29 bits per heavy atom. The summed E-state index contributed by atoms with van der Waals surface area (Å²) in [5, 5.41) is 9.99. The highest BCUT2D eigenvalue weighted by Gasteiger charge is 2.20. The van der Waals surface area contributed by atoms with E-state index in [0.717, 1.165) is 30.7 Å². The van der Waals surface area contributed by atoms with Gasteiger partial charge in [0.05, 0.1) is 12.2 Å². The molecule has 0 aromatic carbocycles. The highest BCUT2D eigenvalue weighted by Crippen LogP contribution is 2.10. The summed E-state index contributed by atoms with van der Waals surface area (Å²) < 4.78 is 0. The summed E-state index contributed by atoms with van der Waals surface area (Å²) in [6.07, 6.45) is 4.24. The van der Waals surface area contributed by atoms with Gasteiger partial charge in [0.2, 0.25) is 11.8 Å². The zero-order chi connectivity index (χ0) is 15.2. The van der Waals surface area contributed by atoms with Crippen LogP contribution in [0.15, 0.2) is 6.07 Å². The molecule has 2 heterocycles. The van der Waals surface area contributed by atoms with Crippen molar-refractivity contribution in [1.82, 2.24) is 20.4 Å². The van der Waals surface area contributed by atoms with Gasteiger partial charge in [0.25, 0.3) is 0 Å². The second kappa shape index (κ2) is 7.24. The molecule has 116 valence electrons. The molecular formula is C15H24N4O2. The molecule has 2 amide bonds. The Morgan fingerprint density at radius 3 is 3.00 bits per heavy atom. The third kappa shape index (κ3) is 4.88. The molecule has 1 aromatic heterocycles. The van der Waals surface area contributed by atoms with E-state index >= 15 is 0 Å². The van der Waals surface area contributed by atoms with E-state index in [9.17, 15) is 9.59 Å². The Labute approximate surface area is 125 Å². The zero-order valence-electron chi connectivity index (χ0n) is 12.8. The Morgan fingerprint density at radius 1 is 1.48 bits per heavy atom. The molecule has 0 unspecified atom stereocenters. The fourth-order valence-corrected chi connectivity index (χ4v) is 2.64. The van der Waals surface area contributed by atoms with Crippen LogP contribution in [-0.4, -0.2) is 46.0 Å². The van der Waals surface area contributed by atoms with Crippen LogP contribution in [0.5, 0.6) is 0 Å². The van der Waals surface area contributed by atoms with E-state index < -0.39 is 0 Å². The highest BCUT2D eigenvalue weighted by molar-refractivity contribution is 5.85. The van der Waals surface area contributed by atoms with Gasteiger partial charge in [0.1, 0.15) is 0 Å². The summed E-state index contributed by atoms with van der Waals surface area (Å²) in [7, 11) is 0. The van der Waals surface area contributed by atoms with Crippen molar-refractivity contribution in [2.24, 2.45) is 0 Å². The number of carbonyl (C=O) groups excluding carboxylic acids is 2. The Hall–Kier alpha value is -1.85. The quantitative estimate of drug-likeness (QED) is 0.855. The molecule has 2 N–H and O–H groups in total. The minimum absolute atomic E-state index is 0.00211. The third-order valence-electron chi connectivity index (χ3n) is 3.69. The summed E-state index contributed by atoms with van der Waals surface area (Å²) >= 11 is 0. The average molecular weight is 292 g/mol. The molecule has 1 atom stereocenters. The lowest BCUT2D eigenvalue weighted by atomic mass is 10.2. The number of aryl methyl sites for hydroxylation is 1. The lowest BCUT2D eigenvalue weighted by Crippen LogP contribution is -2.43. The first kappa shape index (κ1) is 15.5. The number of carbonyl (C=O) groups is 2. The first-order valence-electron chi connectivity index (χ1n) is 7.62. The Balaban J connectivity index is 1.79. The standard InChI is InChI=1S/C15H24N4O2/c1-11(8-13-9-12(2)17-18-13)16-14(20)10-19-7-5-3-4-6-15(19)21/h9,11H,3-8,10H2,1-2H3,(H,16,20)(H,17,18)/t11-/m0/s1. The van der Waals surface area contributed by atoms with Crippen molar-refractivity contribution in [3.8, 4) is 0 Å². The van der Waals surface area contributed by atoms with Crippen molar-refractivity contribution in [3.63, 3.8) is 0 Å². The van der Waals surface area contributed by atoms with Gasteiger partial charge in [-0.1, -0.05) is 6.42 Å². The molecule has 0 bridgehead atoms. The smallest absolute Gasteiger partial charge is 0.239 e. The number of aromatic amines is 1. The van der Waals surface area contributed by atoms with Crippen LogP contribution in [0.3, 0.4) is 0 Å². The minimum Gasteiger partial charge on any atom is -0.352 e. The molecule has 6 heteroatoms. The molecule has 1 aliphatic heterocycles. The van der Waals surface area contributed by atoms with Crippen molar-refractivity contribution in [2.75, 3.05) is 13.1 Å². The number of aromatic nitrogens is 2. The number of hydrogen-bond acceptors (Lipinski definition) is 3. The van der Waals surface area contributed by atoms with Crippen LogP contribution in [0, 0.1) is 6.92 Å². The molecule has 1 fully saturated rings. The molecule has 6 nitrogen and oxygen atoms in total. The van der Waals surface area contributed by atoms with Gasteiger partial charge in [-0.25, -0.2) is 0 Å². The predicted molar refractivity (Wildman–Crippen MR) is 79.7 cm³/mol. The van der Waals surface area contributed by atoms with Crippen molar-refractivity contribution in [2.45, 2.75) is 52.0 Å². The number of rotatable bonds is 5. The largest absolute Gasteiger partial charge is 0.352 e. The summed E-state index contributed by atoms with van der Waals surface area (Å²) in [4.78, 5) is 25.6. The van der Waals surface area contributed by atoms with Gasteiger partial charge in [-0.3, -0.25) is 14.7 Å². The van der Waals surface area contributed by atoms with E-state index in [-0.39, 0.29) is 24.4 Å². The highest BCUT2D eigenvalue weighted by atomic mass is 16.2. The van der Waals surface area contributed by atoms with Crippen molar-refractivity contribution >= 4 is 11.8 Å². The van der Waals surface area contributed by atoms with Crippen LogP contribution in [0.25, 0.3) is 0 Å². The van der Waals surface area contributed by atoms with Crippen LogP contribution in [0.4, 0.5) is 0 Å². The number of H-pyrrole nitrogens is 1. The SMILES string of the molecule is Cc1cc(C[C@H](C)NC(=O)CN2CCCCCC2=O)n[nH]1. The van der Waals surface area contributed by atoms with E-state index in [1.165, 1.54) is 0 Å². The van der Waals surface area contributed by atoms with Gasteiger partial charge < -0.3 is 10.2 Å². The van der Waals surface area contributed by atoms with Crippen LogP contribution < -0.4 is 5.32 Å². The summed E-state index contributed by atoms with van der Waals surface area (Å²) in [6, 6.07) is 1.98. The van der Waals surface area contributed by atoms with Gasteiger partial charge in [-0.05, 0) is 32.8 Å². The van der Waals surface area contributed by atoms with E-state index in [0.29, 0.717) is 19.4 Å². The number of likely N-dealkylation sites (tertiary alicyclic amines) is 1. The number of amides is 2. The third-order valence-corrected chi connectivity index (χ3v) is 3.69. The maximum Gasteiger partial charge on any atom is 0.239 e. The lowest BCUT2D eigenvalue weighted by Gasteiger charge is -2.21. The second-order valence-electron chi connectivity index (χ2n) is 5.84. The normalized spacial score (nSPS) is 17.4. The van der Waals surface area contributed by atoms with E-state index in [1.54, 1.807) is 4.90 Å². The van der Waals surface area contributed by atoms with Crippen molar-refractivity contribution in [3.05, 3.63) is 17.5 Å². The maximum absolute atomic E-state index is 12.0. The molecule has 21 heavy (non-hydrogen) atoms. The van der Waals surface area contributed by atoms with Gasteiger partial charge in [-0.2, -0.15) is 5.10 Å². The second-order valence-corrected chi connectivity index (χ2v) is 5.84. The number of hydrogen-bond donors (Lipinski definition) is 2. The Bertz CT molecular complexity index is 498. The van der Waals surface area contributed by atoms with Crippen LogP contribution in [-0.2, 0) is 16.0 Å². The monoisotopic (exact) mass is 292 g/mol. The molecular weight excluding hydrogens is 268 g/mol. The van der Waals surface area contributed by atoms with Crippen molar-refractivity contribution < 1.29 is 9.59 Å². The summed E-state index contributed by atoms with van der Waals surface area (Å²) in [5.74, 6) is 0.00300. The van der Waals surface area contributed by atoms with Crippen molar-refractivity contribution in [1.29, 1.82) is 0 Å². The molecule has 0 aliphatic carbocycles. The van der Waals surface area contributed by atoms with Crippen LogP contribution in [0.1, 0.15) is 44.0 Å².